The van der Waals surface area contributed by atoms with Gasteiger partial charge in [-0.25, -0.2) is 4.79 Å². The maximum atomic E-state index is 11.5. The molecular weight excluding hydrogens is 261 g/mol. The molecular formula is C10H16NO6P. The lowest BCUT2D eigenvalue weighted by atomic mass is 10.4. The van der Waals surface area contributed by atoms with Crippen molar-refractivity contribution >= 4 is 25.2 Å². The van der Waals surface area contributed by atoms with E-state index in [4.69, 9.17) is 0 Å². The second kappa shape index (κ2) is 6.11. The van der Waals surface area contributed by atoms with Crippen LogP contribution in [0.1, 0.15) is 32.6 Å². The zero-order valence-corrected chi connectivity index (χ0v) is 11.0. The topological polar surface area (TPSA) is 101 Å². The van der Waals surface area contributed by atoms with E-state index in [1.807, 2.05) is 0 Å². The number of amides is 2. The number of hydrogen-bond acceptors (Lipinski definition) is 5. The molecule has 7 nitrogen and oxygen atoms in total. The minimum absolute atomic E-state index is 0.0282. The third kappa shape index (κ3) is 4.23. The van der Waals surface area contributed by atoms with Gasteiger partial charge in [-0.15, -0.1) is 5.06 Å². The van der Waals surface area contributed by atoms with Crippen molar-refractivity contribution in [2.45, 2.75) is 32.6 Å². The van der Waals surface area contributed by atoms with Crippen molar-refractivity contribution in [2.24, 2.45) is 0 Å². The Kier molecular flexibility index (Phi) is 5.04. The smallest absolute Gasteiger partial charge is 0.333 e. The molecule has 1 unspecified atom stereocenters. The van der Waals surface area contributed by atoms with Crippen LogP contribution in [-0.2, 0) is 23.8 Å². The first-order valence-corrected chi connectivity index (χ1v) is 7.76. The number of nitrogens with zero attached hydrogens (tertiary/aromatic N) is 1. The molecule has 1 atom stereocenters. The summed E-state index contributed by atoms with van der Waals surface area (Å²) in [4.78, 5) is 47.6. The zero-order valence-electron chi connectivity index (χ0n) is 10.1. The average molecular weight is 277 g/mol. The molecule has 1 heterocycles. The summed E-state index contributed by atoms with van der Waals surface area (Å²) in [6, 6.07) is 0. The van der Waals surface area contributed by atoms with Gasteiger partial charge in [0.1, 0.15) is 0 Å². The molecule has 0 radical (unpaired) electrons. The van der Waals surface area contributed by atoms with E-state index in [0.29, 0.717) is 11.5 Å². The number of imide groups is 1. The van der Waals surface area contributed by atoms with Crippen molar-refractivity contribution in [3.63, 3.8) is 0 Å². The third-order valence-electron chi connectivity index (χ3n) is 2.44. The zero-order chi connectivity index (χ0) is 13.8. The molecule has 18 heavy (non-hydrogen) atoms. The molecule has 0 saturated carbocycles. The highest BCUT2D eigenvalue weighted by atomic mass is 31.2. The largest absolute Gasteiger partial charge is 0.344 e. The molecule has 8 heteroatoms. The second-order valence-electron chi connectivity index (χ2n) is 4.09. The van der Waals surface area contributed by atoms with E-state index in [9.17, 15) is 23.8 Å². The molecule has 102 valence electrons. The first kappa shape index (κ1) is 14.9. The highest BCUT2D eigenvalue weighted by Gasteiger charge is 2.33. The Balaban J connectivity index is 2.40. The fourth-order valence-electron chi connectivity index (χ4n) is 1.53. The SMILES string of the molecule is CCCP(=O)(O)CCC(=O)ON1C(=O)CCC1=O. The lowest BCUT2D eigenvalue weighted by Crippen LogP contribution is -2.32. The molecule has 0 aromatic rings. The van der Waals surface area contributed by atoms with E-state index >= 15 is 0 Å². The first-order valence-electron chi connectivity index (χ1n) is 5.73. The molecule has 0 aromatic carbocycles. The van der Waals surface area contributed by atoms with Gasteiger partial charge in [-0.1, -0.05) is 6.92 Å². The summed E-state index contributed by atoms with van der Waals surface area (Å²) in [6.07, 6.45) is 0.259. The average Bonchev–Trinajstić information content (AvgIpc) is 2.58. The van der Waals surface area contributed by atoms with Gasteiger partial charge < -0.3 is 9.73 Å². The van der Waals surface area contributed by atoms with Crippen LogP contribution in [0.25, 0.3) is 0 Å². The van der Waals surface area contributed by atoms with Crippen molar-refractivity contribution in [2.75, 3.05) is 12.3 Å². The number of hydrogen-bond donors (Lipinski definition) is 1. The van der Waals surface area contributed by atoms with Gasteiger partial charge >= 0.3 is 5.97 Å². The fourth-order valence-corrected chi connectivity index (χ4v) is 2.99. The molecule has 2 amide bonds. The molecule has 1 aliphatic heterocycles. The second-order valence-corrected chi connectivity index (χ2v) is 6.68. The number of rotatable bonds is 6. The van der Waals surface area contributed by atoms with E-state index < -0.39 is 25.2 Å². The lowest BCUT2D eigenvalue weighted by molar-refractivity contribution is -0.197. The van der Waals surface area contributed by atoms with Gasteiger partial charge in [-0.2, -0.15) is 0 Å². The Bertz CT molecular complexity index is 391. The maximum Gasteiger partial charge on any atom is 0.333 e. The van der Waals surface area contributed by atoms with E-state index in [1.165, 1.54) is 0 Å². The van der Waals surface area contributed by atoms with Crippen LogP contribution in [0.5, 0.6) is 0 Å². The van der Waals surface area contributed by atoms with Crippen LogP contribution in [0.15, 0.2) is 0 Å². The van der Waals surface area contributed by atoms with E-state index in [0.717, 1.165) is 0 Å². The number of hydroxylamine groups is 2. The third-order valence-corrected chi connectivity index (χ3v) is 4.51. The molecule has 1 N–H and O–H groups in total. The van der Waals surface area contributed by atoms with Crippen molar-refractivity contribution in [1.29, 1.82) is 0 Å². The highest BCUT2D eigenvalue weighted by Crippen LogP contribution is 2.41. The number of carbonyl (C=O) groups is 3. The minimum Gasteiger partial charge on any atom is -0.344 e. The van der Waals surface area contributed by atoms with Crippen molar-refractivity contribution < 1.29 is 28.7 Å². The predicted molar refractivity (Wildman–Crippen MR) is 61.6 cm³/mol. The molecule has 0 bridgehead atoms. The van der Waals surface area contributed by atoms with Crippen LogP contribution in [0.3, 0.4) is 0 Å². The van der Waals surface area contributed by atoms with Gasteiger partial charge in [0.15, 0.2) is 0 Å². The Labute approximate surface area is 105 Å². The first-order chi connectivity index (χ1) is 8.35. The molecule has 1 aliphatic rings. The Morgan fingerprint density at radius 1 is 1.33 bits per heavy atom. The van der Waals surface area contributed by atoms with Crippen molar-refractivity contribution in [3.8, 4) is 0 Å². The van der Waals surface area contributed by atoms with Crippen LogP contribution < -0.4 is 0 Å². The molecule has 0 aliphatic carbocycles. The van der Waals surface area contributed by atoms with Gasteiger partial charge in [-0.3, -0.25) is 14.2 Å². The highest BCUT2D eigenvalue weighted by molar-refractivity contribution is 7.58. The molecule has 0 aromatic heterocycles. The fraction of sp³-hybridized carbons (Fsp3) is 0.700. The monoisotopic (exact) mass is 277 g/mol. The Hall–Kier alpha value is -1.20. The lowest BCUT2D eigenvalue weighted by Gasteiger charge is -2.13. The van der Waals surface area contributed by atoms with Gasteiger partial charge in [-0.05, 0) is 6.42 Å². The van der Waals surface area contributed by atoms with E-state index in [2.05, 4.69) is 4.84 Å². The van der Waals surface area contributed by atoms with Crippen molar-refractivity contribution in [3.05, 3.63) is 0 Å². The molecule has 1 rings (SSSR count). The quantitative estimate of drug-likeness (QED) is 0.565. The van der Waals surface area contributed by atoms with Crippen molar-refractivity contribution in [1.82, 2.24) is 5.06 Å². The minimum atomic E-state index is -3.31. The summed E-state index contributed by atoms with van der Waals surface area (Å²) in [5, 5.41) is 0.435. The van der Waals surface area contributed by atoms with Crippen LogP contribution in [0.4, 0.5) is 0 Å². The van der Waals surface area contributed by atoms with E-state index in [1.54, 1.807) is 6.92 Å². The summed E-state index contributed by atoms with van der Waals surface area (Å²) in [7, 11) is -3.31. The van der Waals surface area contributed by atoms with Gasteiger partial charge in [0.25, 0.3) is 11.8 Å². The van der Waals surface area contributed by atoms with Gasteiger partial charge in [0, 0.05) is 25.2 Å². The predicted octanol–water partition coefficient (Wildman–Crippen LogP) is 0.664. The van der Waals surface area contributed by atoms with Crippen LogP contribution in [-0.4, -0.2) is 40.1 Å². The summed E-state index contributed by atoms with van der Waals surface area (Å²) < 4.78 is 11.5. The van der Waals surface area contributed by atoms with Gasteiger partial charge in [0.2, 0.25) is 7.37 Å². The standard InChI is InChI=1S/C10H16NO6P/c1-2-6-18(15,16)7-5-10(14)17-11-8(12)3-4-9(11)13/h2-7H2,1H3,(H,15,16). The van der Waals surface area contributed by atoms with Crippen LogP contribution in [0.2, 0.25) is 0 Å². The summed E-state index contributed by atoms with van der Waals surface area (Å²) in [6.45, 7) is 1.77. The van der Waals surface area contributed by atoms with Crippen LogP contribution >= 0.6 is 7.37 Å². The van der Waals surface area contributed by atoms with Gasteiger partial charge in [0.05, 0.1) is 6.42 Å². The summed E-state index contributed by atoms with van der Waals surface area (Å²) in [5.74, 6) is -1.97. The maximum absolute atomic E-state index is 11.5. The summed E-state index contributed by atoms with van der Waals surface area (Å²) in [5.41, 5.74) is 0. The Morgan fingerprint density at radius 2 is 1.89 bits per heavy atom. The number of carbonyl (C=O) groups excluding carboxylic acids is 3. The normalized spacial score (nSPS) is 18.9. The molecule has 1 saturated heterocycles. The Morgan fingerprint density at radius 3 is 2.39 bits per heavy atom. The summed E-state index contributed by atoms with van der Waals surface area (Å²) >= 11 is 0. The van der Waals surface area contributed by atoms with E-state index in [-0.39, 0.29) is 31.6 Å². The molecule has 1 fully saturated rings. The van der Waals surface area contributed by atoms with Crippen LogP contribution in [0, 0.1) is 0 Å². The molecule has 0 spiro atoms.